The minimum atomic E-state index is -3.18. The predicted molar refractivity (Wildman–Crippen MR) is 62.4 cm³/mol. The van der Waals surface area contributed by atoms with Gasteiger partial charge in [-0.2, -0.15) is 0 Å². The monoisotopic (exact) mass is 248 g/mol. The predicted octanol–water partition coefficient (Wildman–Crippen LogP) is 0.184. The second-order valence-corrected chi connectivity index (χ2v) is 6.67. The van der Waals surface area contributed by atoms with E-state index in [2.05, 4.69) is 5.32 Å². The Morgan fingerprint density at radius 3 is 2.69 bits per heavy atom. The molecule has 0 aromatic heterocycles. The number of rotatable bonds is 4. The minimum Gasteiger partial charge on any atom is -0.356 e. The van der Waals surface area contributed by atoms with Crippen LogP contribution in [-0.4, -0.2) is 45.0 Å². The van der Waals surface area contributed by atoms with Crippen molar-refractivity contribution < 1.29 is 13.2 Å². The molecule has 1 atom stereocenters. The largest absolute Gasteiger partial charge is 0.356 e. The van der Waals surface area contributed by atoms with Crippen molar-refractivity contribution >= 4 is 15.9 Å². The van der Waals surface area contributed by atoms with Crippen molar-refractivity contribution in [1.29, 1.82) is 0 Å². The Balaban J connectivity index is 2.50. The van der Waals surface area contributed by atoms with Crippen molar-refractivity contribution in [2.45, 2.75) is 25.7 Å². The van der Waals surface area contributed by atoms with Gasteiger partial charge in [-0.05, 0) is 19.3 Å². The summed E-state index contributed by atoms with van der Waals surface area (Å²) in [5.41, 5.74) is 0. The molecule has 5 nitrogen and oxygen atoms in total. The lowest BCUT2D eigenvalue weighted by Crippen LogP contribution is -2.32. The van der Waals surface area contributed by atoms with Crippen LogP contribution in [0.15, 0.2) is 0 Å². The third kappa shape index (κ3) is 3.75. The second kappa shape index (κ2) is 5.63. The Morgan fingerprint density at radius 2 is 2.06 bits per heavy atom. The van der Waals surface area contributed by atoms with Crippen LogP contribution in [0.4, 0.5) is 0 Å². The van der Waals surface area contributed by atoms with Crippen molar-refractivity contribution in [3.05, 3.63) is 0 Å². The normalized spacial score (nSPS) is 22.9. The number of nitrogens with zero attached hydrogens (tertiary/aromatic N) is 1. The van der Waals surface area contributed by atoms with Crippen LogP contribution in [-0.2, 0) is 14.8 Å². The molecular formula is C10H20N2O3S. The molecule has 1 unspecified atom stereocenters. The van der Waals surface area contributed by atoms with Gasteiger partial charge in [0.1, 0.15) is 0 Å². The summed E-state index contributed by atoms with van der Waals surface area (Å²) in [5.74, 6) is -0.0818. The molecule has 1 aliphatic rings. The van der Waals surface area contributed by atoms with Crippen LogP contribution in [0.1, 0.15) is 25.7 Å². The van der Waals surface area contributed by atoms with E-state index < -0.39 is 10.0 Å². The Hall–Kier alpha value is -0.620. The number of carbonyl (C=O) groups is 1. The van der Waals surface area contributed by atoms with Gasteiger partial charge in [-0.25, -0.2) is 12.7 Å². The summed E-state index contributed by atoms with van der Waals surface area (Å²) < 4.78 is 24.3. The second-order valence-electron chi connectivity index (χ2n) is 4.37. The van der Waals surface area contributed by atoms with E-state index >= 15 is 0 Å². The van der Waals surface area contributed by atoms with Crippen molar-refractivity contribution in [3.8, 4) is 0 Å². The van der Waals surface area contributed by atoms with Gasteiger partial charge in [0.15, 0.2) is 0 Å². The average Bonchev–Trinajstić information content (AvgIpc) is 2.40. The van der Waals surface area contributed by atoms with Crippen LogP contribution in [0.2, 0.25) is 0 Å². The highest BCUT2D eigenvalue weighted by atomic mass is 32.2. The molecule has 1 heterocycles. The van der Waals surface area contributed by atoms with E-state index in [1.165, 1.54) is 18.4 Å². The van der Waals surface area contributed by atoms with Crippen LogP contribution in [0.3, 0.4) is 0 Å². The van der Waals surface area contributed by atoms with E-state index in [0.29, 0.717) is 6.42 Å². The fraction of sp³-hybridized carbons (Fsp3) is 0.900. The van der Waals surface area contributed by atoms with Crippen LogP contribution in [0, 0.1) is 5.92 Å². The van der Waals surface area contributed by atoms with E-state index in [9.17, 15) is 13.2 Å². The molecule has 94 valence electrons. The van der Waals surface area contributed by atoms with E-state index in [1.807, 2.05) is 0 Å². The summed E-state index contributed by atoms with van der Waals surface area (Å²) in [6, 6.07) is 0. The summed E-state index contributed by atoms with van der Waals surface area (Å²) in [6.07, 6.45) is 3.20. The molecule has 6 heteroatoms. The van der Waals surface area contributed by atoms with Gasteiger partial charge in [0, 0.05) is 26.6 Å². The van der Waals surface area contributed by atoms with Crippen molar-refractivity contribution in [2.75, 3.05) is 26.4 Å². The quantitative estimate of drug-likeness (QED) is 0.772. The zero-order valence-corrected chi connectivity index (χ0v) is 10.7. The lowest BCUT2D eigenvalue weighted by Gasteiger charge is -2.15. The summed E-state index contributed by atoms with van der Waals surface area (Å²) >= 11 is 0. The van der Waals surface area contributed by atoms with E-state index in [4.69, 9.17) is 0 Å². The van der Waals surface area contributed by atoms with Gasteiger partial charge in [0.25, 0.3) is 0 Å². The molecule has 0 aliphatic carbocycles. The first kappa shape index (κ1) is 13.4. The van der Waals surface area contributed by atoms with Crippen LogP contribution >= 0.6 is 0 Å². The van der Waals surface area contributed by atoms with E-state index in [0.717, 1.165) is 25.8 Å². The third-order valence-electron chi connectivity index (χ3n) is 2.93. The third-order valence-corrected chi connectivity index (χ3v) is 4.79. The molecule has 16 heavy (non-hydrogen) atoms. The number of hydrogen-bond donors (Lipinski definition) is 1. The van der Waals surface area contributed by atoms with Gasteiger partial charge in [-0.15, -0.1) is 0 Å². The fourth-order valence-corrected chi connectivity index (χ4v) is 2.70. The number of nitrogens with one attached hydrogen (secondary N) is 1. The summed E-state index contributed by atoms with van der Waals surface area (Å²) in [7, 11) is -0.147. The molecule has 1 aliphatic heterocycles. The number of hydrogen-bond acceptors (Lipinski definition) is 3. The van der Waals surface area contributed by atoms with Crippen LogP contribution in [0.25, 0.3) is 0 Å². The van der Waals surface area contributed by atoms with Gasteiger partial charge in [0.05, 0.1) is 5.75 Å². The van der Waals surface area contributed by atoms with Gasteiger partial charge in [-0.3, -0.25) is 4.79 Å². The van der Waals surface area contributed by atoms with E-state index in [1.54, 1.807) is 0 Å². The van der Waals surface area contributed by atoms with Gasteiger partial charge in [0.2, 0.25) is 15.9 Å². The first-order valence-corrected chi connectivity index (χ1v) is 7.22. The first-order chi connectivity index (χ1) is 7.43. The van der Waals surface area contributed by atoms with Crippen molar-refractivity contribution in [2.24, 2.45) is 5.92 Å². The zero-order chi connectivity index (χ0) is 12.2. The van der Waals surface area contributed by atoms with Crippen molar-refractivity contribution in [3.63, 3.8) is 0 Å². The molecular weight excluding hydrogens is 228 g/mol. The summed E-state index contributed by atoms with van der Waals surface area (Å²) in [6.45, 7) is 0.718. The van der Waals surface area contributed by atoms with Gasteiger partial charge >= 0.3 is 0 Å². The number of amides is 1. The summed E-state index contributed by atoms with van der Waals surface area (Å²) in [4.78, 5) is 11.6. The molecule has 1 rings (SSSR count). The maximum absolute atomic E-state index is 11.6. The Bertz CT molecular complexity index is 338. The molecule has 0 aromatic carbocycles. The lowest BCUT2D eigenvalue weighted by atomic mass is 10.0. The lowest BCUT2D eigenvalue weighted by molar-refractivity contribution is -0.124. The molecule has 0 saturated carbocycles. The zero-order valence-electron chi connectivity index (χ0n) is 9.90. The van der Waals surface area contributed by atoms with Gasteiger partial charge in [-0.1, -0.05) is 6.42 Å². The Morgan fingerprint density at radius 1 is 1.38 bits per heavy atom. The highest BCUT2D eigenvalue weighted by Gasteiger charge is 2.23. The minimum absolute atomic E-state index is 0.00598. The highest BCUT2D eigenvalue weighted by molar-refractivity contribution is 7.89. The Kier molecular flexibility index (Phi) is 4.73. The smallest absolute Gasteiger partial charge is 0.223 e. The van der Waals surface area contributed by atoms with Crippen LogP contribution in [0.5, 0.6) is 0 Å². The maximum Gasteiger partial charge on any atom is 0.223 e. The highest BCUT2D eigenvalue weighted by Crippen LogP contribution is 2.17. The Labute approximate surface area is 97.2 Å². The fourth-order valence-electron chi connectivity index (χ4n) is 1.75. The number of carbonyl (C=O) groups excluding carboxylic acids is 1. The molecule has 1 saturated heterocycles. The van der Waals surface area contributed by atoms with E-state index in [-0.39, 0.29) is 17.6 Å². The molecule has 1 fully saturated rings. The average molecular weight is 248 g/mol. The molecule has 0 aromatic rings. The molecule has 1 N–H and O–H groups in total. The van der Waals surface area contributed by atoms with Crippen LogP contribution < -0.4 is 5.32 Å². The standard InChI is InChI=1S/C10H20N2O3S/c1-12(2)16(14,15)8-6-9-5-3-4-7-11-10(9)13/h9H,3-8H2,1-2H3,(H,11,13). The molecule has 0 radical (unpaired) electrons. The first-order valence-electron chi connectivity index (χ1n) is 5.61. The SMILES string of the molecule is CN(C)S(=O)(=O)CCC1CCCCNC1=O. The summed E-state index contributed by atoms with van der Waals surface area (Å²) in [5, 5.41) is 2.81. The molecule has 1 amide bonds. The number of sulfonamides is 1. The van der Waals surface area contributed by atoms with Crippen molar-refractivity contribution in [1.82, 2.24) is 9.62 Å². The molecule has 0 spiro atoms. The molecule has 0 bridgehead atoms. The maximum atomic E-state index is 11.6. The topological polar surface area (TPSA) is 66.5 Å². The van der Waals surface area contributed by atoms with Gasteiger partial charge < -0.3 is 5.32 Å².